The highest BCUT2D eigenvalue weighted by Crippen LogP contribution is 2.22. The van der Waals surface area contributed by atoms with Gasteiger partial charge in [0.2, 0.25) is 0 Å². The summed E-state index contributed by atoms with van der Waals surface area (Å²) in [4.78, 5) is 0.145. The summed E-state index contributed by atoms with van der Waals surface area (Å²) in [5.41, 5.74) is -0.256. The van der Waals surface area contributed by atoms with E-state index in [0.29, 0.717) is 6.54 Å². The molecule has 5 nitrogen and oxygen atoms in total. The minimum Gasteiger partial charge on any atom is -0.737 e. The first kappa shape index (κ1) is 14.0. The smallest absolute Gasteiger partial charge is 0.0899 e. The van der Waals surface area contributed by atoms with Crippen LogP contribution in [0.2, 0.25) is 0 Å². The number of nitrogens with zero attached hydrogens (tertiary/aromatic N) is 3. The molecule has 0 unspecified atom stereocenters. The van der Waals surface area contributed by atoms with Crippen molar-refractivity contribution in [3.05, 3.63) is 10.4 Å². The van der Waals surface area contributed by atoms with Crippen LogP contribution in [0.15, 0.2) is 5.28 Å². The molecule has 0 heterocycles. The van der Waals surface area contributed by atoms with Crippen LogP contribution in [0.4, 0.5) is 0 Å². The van der Waals surface area contributed by atoms with E-state index in [1.165, 1.54) is 5.01 Å². The van der Waals surface area contributed by atoms with Gasteiger partial charge in [-0.1, -0.05) is 20.8 Å². The van der Waals surface area contributed by atoms with E-state index in [1.54, 1.807) is 0 Å². The Labute approximate surface area is 91.9 Å². The lowest BCUT2D eigenvalue weighted by Gasteiger charge is -2.33. The molecule has 0 aliphatic rings. The van der Waals surface area contributed by atoms with Crippen molar-refractivity contribution in [3.63, 3.8) is 0 Å². The fourth-order valence-corrected chi connectivity index (χ4v) is 1.16. The van der Waals surface area contributed by atoms with Crippen LogP contribution in [0, 0.1) is 15.8 Å². The molecule has 5 heteroatoms. The van der Waals surface area contributed by atoms with Gasteiger partial charge in [-0.15, -0.1) is 5.01 Å². The van der Waals surface area contributed by atoms with Crippen LogP contribution in [-0.2, 0) is 0 Å². The molecule has 0 aliphatic carbocycles. The predicted molar refractivity (Wildman–Crippen MR) is 60.0 cm³/mol. The maximum atomic E-state index is 11.2. The first-order valence-corrected chi connectivity index (χ1v) is 5.16. The van der Waals surface area contributed by atoms with Crippen molar-refractivity contribution in [2.45, 2.75) is 53.5 Å². The van der Waals surface area contributed by atoms with Gasteiger partial charge in [0.15, 0.2) is 0 Å². The molecule has 0 spiro atoms. The van der Waals surface area contributed by atoms with Crippen molar-refractivity contribution in [1.29, 1.82) is 0 Å². The molecule has 90 valence electrons. The highest BCUT2D eigenvalue weighted by Gasteiger charge is 2.29. The Hall–Kier alpha value is -1.00. The number of hydrogen-bond donors (Lipinski definition) is 0. The molecule has 0 N–H and O–H groups in total. The first-order valence-electron chi connectivity index (χ1n) is 5.16. The topological polar surface area (TPSA) is 64.7 Å². The Morgan fingerprint density at radius 1 is 1.13 bits per heavy atom. The molecule has 0 fully saturated rings. The van der Waals surface area contributed by atoms with Crippen LogP contribution in [0.25, 0.3) is 0 Å². The standard InChI is InChI=1S/C10H23N3O2/c1-9(2,3)7-8-12(10(4,5)6)13(15)11-14/h14H,7-8H2,1-6H3/p-1/b13-11-. The quantitative estimate of drug-likeness (QED) is 0.414. The normalized spacial score (nSPS) is 14.1. The number of hydrazine groups is 1. The average Bonchev–Trinajstić information content (AvgIpc) is 1.99. The molecule has 15 heavy (non-hydrogen) atoms. The second-order valence-corrected chi connectivity index (χ2v) is 5.94. The van der Waals surface area contributed by atoms with Crippen LogP contribution >= 0.6 is 0 Å². The second kappa shape index (κ2) is 4.68. The third kappa shape index (κ3) is 5.44. The molecule has 0 bridgehead atoms. The van der Waals surface area contributed by atoms with Gasteiger partial charge >= 0.3 is 0 Å². The maximum Gasteiger partial charge on any atom is 0.0899 e. The summed E-state index contributed by atoms with van der Waals surface area (Å²) in [7, 11) is 0. The summed E-state index contributed by atoms with van der Waals surface area (Å²) in [6.45, 7) is 12.5. The van der Waals surface area contributed by atoms with Gasteiger partial charge in [0.1, 0.15) is 0 Å². The average molecular weight is 216 g/mol. The number of hydrogen-bond acceptors (Lipinski definition) is 3. The Kier molecular flexibility index (Phi) is 4.37. The number of rotatable bonds is 3. The Morgan fingerprint density at radius 2 is 1.60 bits per heavy atom. The van der Waals surface area contributed by atoms with E-state index >= 15 is 0 Å². The maximum absolute atomic E-state index is 11.2. The van der Waals surface area contributed by atoms with Crippen LogP contribution in [-0.4, -0.2) is 22.1 Å². The lowest BCUT2D eigenvalue weighted by molar-refractivity contribution is -0.706. The van der Waals surface area contributed by atoms with Gasteiger partial charge in [0.25, 0.3) is 0 Å². The van der Waals surface area contributed by atoms with Crippen molar-refractivity contribution < 1.29 is 4.97 Å². The van der Waals surface area contributed by atoms with E-state index in [9.17, 15) is 10.4 Å². The molecule has 0 aromatic rings. The Morgan fingerprint density at radius 3 is 1.87 bits per heavy atom. The molecule has 0 aromatic heterocycles. The zero-order chi connectivity index (χ0) is 12.3. The Balaban J connectivity index is 4.56. The molecule has 0 aliphatic heterocycles. The summed E-state index contributed by atoms with van der Waals surface area (Å²) >= 11 is 0. The summed E-state index contributed by atoms with van der Waals surface area (Å²) in [5, 5.41) is 25.3. The van der Waals surface area contributed by atoms with Crippen LogP contribution in [0.1, 0.15) is 48.0 Å². The summed E-state index contributed by atoms with van der Waals surface area (Å²) in [6.07, 6.45) is 0.832. The lowest BCUT2D eigenvalue weighted by atomic mass is 9.91. The van der Waals surface area contributed by atoms with E-state index in [0.717, 1.165) is 6.42 Å². The summed E-state index contributed by atoms with van der Waals surface area (Å²) < 4.78 is 0. The molecule has 0 radical (unpaired) electrons. The van der Waals surface area contributed by atoms with Crippen LogP contribution < -0.4 is 0 Å². The minimum absolute atomic E-state index is 0.132. The molecule has 0 saturated heterocycles. The van der Waals surface area contributed by atoms with E-state index in [1.807, 2.05) is 20.8 Å². The van der Waals surface area contributed by atoms with E-state index < -0.39 is 0 Å². The fraction of sp³-hybridized carbons (Fsp3) is 1.00. The molecular formula is C10H22N3O2-. The largest absolute Gasteiger partial charge is 0.737 e. The van der Waals surface area contributed by atoms with Gasteiger partial charge in [0, 0.05) is 4.97 Å². The molecule has 0 rings (SSSR count). The van der Waals surface area contributed by atoms with E-state index in [2.05, 4.69) is 26.0 Å². The second-order valence-electron chi connectivity index (χ2n) is 5.94. The van der Waals surface area contributed by atoms with E-state index in [4.69, 9.17) is 0 Å². The van der Waals surface area contributed by atoms with Gasteiger partial charge in [-0.05, 0) is 37.9 Å². The van der Waals surface area contributed by atoms with Gasteiger partial charge in [-0.2, -0.15) is 0 Å². The monoisotopic (exact) mass is 216 g/mol. The van der Waals surface area contributed by atoms with Gasteiger partial charge in [0.05, 0.1) is 12.1 Å². The van der Waals surface area contributed by atoms with Crippen LogP contribution in [0.3, 0.4) is 0 Å². The lowest BCUT2D eigenvalue weighted by Crippen LogP contribution is -2.46. The third-order valence-electron chi connectivity index (χ3n) is 2.12. The van der Waals surface area contributed by atoms with Crippen molar-refractivity contribution in [1.82, 2.24) is 5.01 Å². The van der Waals surface area contributed by atoms with Crippen molar-refractivity contribution in [2.24, 2.45) is 10.7 Å². The first-order chi connectivity index (χ1) is 6.58. The van der Waals surface area contributed by atoms with Gasteiger partial charge < -0.3 is 10.4 Å². The third-order valence-corrected chi connectivity index (χ3v) is 2.12. The van der Waals surface area contributed by atoms with E-state index in [-0.39, 0.29) is 15.9 Å². The highest BCUT2D eigenvalue weighted by atomic mass is 16.6. The molecule has 0 amide bonds. The minimum atomic E-state index is -0.388. The summed E-state index contributed by atoms with van der Waals surface area (Å²) in [5.74, 6) is 0. The van der Waals surface area contributed by atoms with Gasteiger partial charge in [-0.25, -0.2) is 0 Å². The fourth-order valence-electron chi connectivity index (χ4n) is 1.16. The molecule has 0 aromatic carbocycles. The van der Waals surface area contributed by atoms with Crippen molar-refractivity contribution in [2.75, 3.05) is 6.54 Å². The zero-order valence-electron chi connectivity index (χ0n) is 10.6. The predicted octanol–water partition coefficient (Wildman–Crippen LogP) is 2.90. The Bertz CT molecular complexity index is 226. The van der Waals surface area contributed by atoms with Gasteiger partial charge in [-0.3, -0.25) is 0 Å². The SMILES string of the molecule is CC(C)(C)CCN(/[N+]([O-])=N/[O-])C(C)(C)C. The molecule has 0 saturated carbocycles. The highest BCUT2D eigenvalue weighted by molar-refractivity contribution is 4.72. The van der Waals surface area contributed by atoms with Crippen LogP contribution in [0.5, 0.6) is 0 Å². The molecular weight excluding hydrogens is 194 g/mol. The zero-order valence-corrected chi connectivity index (χ0v) is 10.6. The molecule has 0 atom stereocenters. The van der Waals surface area contributed by atoms with Crippen molar-refractivity contribution in [3.8, 4) is 0 Å². The summed E-state index contributed by atoms with van der Waals surface area (Å²) in [6, 6.07) is 0. The van der Waals surface area contributed by atoms with Crippen molar-refractivity contribution >= 4 is 0 Å².